The van der Waals surface area contributed by atoms with Crippen LogP contribution in [0, 0.1) is 18.8 Å². The van der Waals surface area contributed by atoms with E-state index in [9.17, 15) is 4.79 Å². The fraction of sp³-hybridized carbons (Fsp3) is 0.750. The summed E-state index contributed by atoms with van der Waals surface area (Å²) in [6.45, 7) is 1.93. The Kier molecular flexibility index (Phi) is 3.56. The van der Waals surface area contributed by atoms with Crippen molar-refractivity contribution in [2.45, 2.75) is 43.0 Å². The van der Waals surface area contributed by atoms with E-state index in [1.54, 1.807) is 11.3 Å². The monoisotopic (exact) mass is 283 g/mol. The van der Waals surface area contributed by atoms with Gasteiger partial charge in [0.1, 0.15) is 5.01 Å². The molecule has 3 rings (SSSR count). The van der Waals surface area contributed by atoms with E-state index in [1.165, 1.54) is 37.4 Å². The van der Waals surface area contributed by atoms with Crippen molar-refractivity contribution in [2.75, 3.05) is 5.75 Å². The minimum absolute atomic E-state index is 0.150. The van der Waals surface area contributed by atoms with Crippen molar-refractivity contribution in [3.05, 3.63) is 5.01 Å². The molecule has 0 spiro atoms. The van der Waals surface area contributed by atoms with Gasteiger partial charge in [0.2, 0.25) is 5.91 Å². The molecule has 0 radical (unpaired) electrons. The van der Waals surface area contributed by atoms with Crippen LogP contribution in [-0.4, -0.2) is 27.9 Å². The first-order valence-electron chi connectivity index (χ1n) is 6.44. The molecule has 0 bridgehead atoms. The van der Waals surface area contributed by atoms with Gasteiger partial charge in [0.15, 0.2) is 4.34 Å². The van der Waals surface area contributed by atoms with Crippen LogP contribution in [-0.2, 0) is 4.79 Å². The normalized spacial score (nSPS) is 19.2. The number of nitrogens with one attached hydrogen (secondary N) is 1. The largest absolute Gasteiger partial charge is 0.352 e. The summed E-state index contributed by atoms with van der Waals surface area (Å²) in [5.74, 6) is 2.13. The Balaban J connectivity index is 1.46. The van der Waals surface area contributed by atoms with Crippen molar-refractivity contribution in [1.82, 2.24) is 15.5 Å². The van der Waals surface area contributed by atoms with Gasteiger partial charge >= 0.3 is 0 Å². The maximum Gasteiger partial charge on any atom is 0.230 e. The van der Waals surface area contributed by atoms with Gasteiger partial charge in [-0.25, -0.2) is 0 Å². The highest BCUT2D eigenvalue weighted by molar-refractivity contribution is 8.01. The number of amides is 1. The van der Waals surface area contributed by atoms with Crippen molar-refractivity contribution in [3.63, 3.8) is 0 Å². The molecule has 98 valence electrons. The van der Waals surface area contributed by atoms with E-state index < -0.39 is 0 Å². The van der Waals surface area contributed by atoms with Crippen LogP contribution in [0.1, 0.15) is 30.7 Å². The Bertz CT molecular complexity index is 428. The lowest BCUT2D eigenvalue weighted by molar-refractivity contribution is -0.119. The maximum absolute atomic E-state index is 11.9. The average molecular weight is 283 g/mol. The van der Waals surface area contributed by atoms with E-state index >= 15 is 0 Å². The second-order valence-corrected chi connectivity index (χ2v) is 7.55. The molecule has 6 heteroatoms. The third-order valence-corrected chi connectivity index (χ3v) is 5.39. The molecule has 2 fully saturated rings. The number of hydrogen-bond donors (Lipinski definition) is 1. The van der Waals surface area contributed by atoms with Crippen LogP contribution in [0.15, 0.2) is 4.34 Å². The van der Waals surface area contributed by atoms with Crippen LogP contribution in [0.2, 0.25) is 0 Å². The molecular formula is C12H17N3OS2. The van der Waals surface area contributed by atoms with E-state index in [4.69, 9.17) is 0 Å². The lowest BCUT2D eigenvalue weighted by atomic mass is 10.1. The summed E-state index contributed by atoms with van der Waals surface area (Å²) in [5.41, 5.74) is 0. The first-order valence-corrected chi connectivity index (χ1v) is 8.25. The molecule has 2 saturated carbocycles. The van der Waals surface area contributed by atoms with Gasteiger partial charge in [0.05, 0.1) is 5.75 Å². The molecule has 2 aliphatic carbocycles. The number of thioether (sulfide) groups is 1. The average Bonchev–Trinajstić information content (AvgIpc) is 3.23. The molecule has 0 aliphatic heterocycles. The zero-order chi connectivity index (χ0) is 12.5. The van der Waals surface area contributed by atoms with Crippen molar-refractivity contribution < 1.29 is 4.79 Å². The zero-order valence-electron chi connectivity index (χ0n) is 10.4. The predicted molar refractivity (Wildman–Crippen MR) is 72.7 cm³/mol. The highest BCUT2D eigenvalue weighted by Gasteiger charge is 2.42. The Hall–Kier alpha value is -0.620. The van der Waals surface area contributed by atoms with Crippen LogP contribution >= 0.6 is 23.1 Å². The maximum atomic E-state index is 11.9. The summed E-state index contributed by atoms with van der Waals surface area (Å²) in [4.78, 5) is 11.9. The number of aromatic nitrogens is 2. The fourth-order valence-corrected chi connectivity index (χ4v) is 3.85. The van der Waals surface area contributed by atoms with Crippen molar-refractivity contribution in [3.8, 4) is 0 Å². The Morgan fingerprint density at radius 3 is 2.56 bits per heavy atom. The summed E-state index contributed by atoms with van der Waals surface area (Å²) in [6, 6.07) is 0.453. The lowest BCUT2D eigenvalue weighted by Crippen LogP contribution is -2.39. The molecule has 2 aliphatic rings. The van der Waals surface area contributed by atoms with E-state index in [-0.39, 0.29) is 5.91 Å². The first kappa shape index (κ1) is 12.4. The molecule has 1 N–H and O–H groups in total. The number of hydrogen-bond acceptors (Lipinski definition) is 5. The minimum atomic E-state index is 0.150. The van der Waals surface area contributed by atoms with Crippen LogP contribution in [0.25, 0.3) is 0 Å². The highest BCUT2D eigenvalue weighted by atomic mass is 32.2. The van der Waals surface area contributed by atoms with Crippen LogP contribution in [0.3, 0.4) is 0 Å². The number of aryl methyl sites for hydroxylation is 1. The quantitative estimate of drug-likeness (QED) is 0.814. The molecule has 0 saturated heterocycles. The minimum Gasteiger partial charge on any atom is -0.352 e. The highest BCUT2D eigenvalue weighted by Crippen LogP contribution is 2.44. The van der Waals surface area contributed by atoms with Crippen LogP contribution in [0.5, 0.6) is 0 Å². The van der Waals surface area contributed by atoms with E-state index in [1.807, 2.05) is 6.92 Å². The van der Waals surface area contributed by atoms with Gasteiger partial charge in [-0.2, -0.15) is 0 Å². The van der Waals surface area contributed by atoms with Crippen molar-refractivity contribution in [2.24, 2.45) is 11.8 Å². The molecule has 0 atom stereocenters. The zero-order valence-corrected chi connectivity index (χ0v) is 12.0. The molecule has 18 heavy (non-hydrogen) atoms. The second kappa shape index (κ2) is 5.17. The third kappa shape index (κ3) is 3.23. The number of rotatable bonds is 6. The van der Waals surface area contributed by atoms with Gasteiger partial charge in [0.25, 0.3) is 0 Å². The van der Waals surface area contributed by atoms with Crippen molar-refractivity contribution >= 4 is 29.0 Å². The summed E-state index contributed by atoms with van der Waals surface area (Å²) < 4.78 is 0.886. The molecule has 1 aromatic heterocycles. The van der Waals surface area contributed by atoms with Gasteiger partial charge in [0, 0.05) is 6.04 Å². The van der Waals surface area contributed by atoms with E-state index in [0.29, 0.717) is 11.8 Å². The lowest BCUT2D eigenvalue weighted by Gasteiger charge is -2.17. The summed E-state index contributed by atoms with van der Waals surface area (Å²) in [6.07, 6.45) is 5.18. The van der Waals surface area contributed by atoms with Gasteiger partial charge in [-0.3, -0.25) is 4.79 Å². The molecule has 1 amide bonds. The number of carbonyl (C=O) groups is 1. The van der Waals surface area contributed by atoms with Gasteiger partial charge in [-0.1, -0.05) is 23.1 Å². The van der Waals surface area contributed by atoms with Crippen molar-refractivity contribution in [1.29, 1.82) is 0 Å². The topological polar surface area (TPSA) is 54.9 Å². The molecular weight excluding hydrogens is 266 g/mol. The molecule has 1 aromatic rings. The molecule has 1 heterocycles. The molecule has 0 unspecified atom stereocenters. The Morgan fingerprint density at radius 1 is 1.39 bits per heavy atom. The van der Waals surface area contributed by atoms with E-state index in [0.717, 1.165) is 21.2 Å². The smallest absolute Gasteiger partial charge is 0.230 e. The SMILES string of the molecule is Cc1nnc(SCC(=O)NC(C2CC2)C2CC2)s1. The molecule has 0 aromatic carbocycles. The number of nitrogens with zero attached hydrogens (tertiary/aromatic N) is 2. The van der Waals surface area contributed by atoms with Crippen LogP contribution in [0.4, 0.5) is 0 Å². The van der Waals surface area contributed by atoms with Crippen LogP contribution < -0.4 is 5.32 Å². The molecule has 4 nitrogen and oxygen atoms in total. The Morgan fingerprint density at radius 2 is 2.06 bits per heavy atom. The first-order chi connectivity index (χ1) is 8.72. The van der Waals surface area contributed by atoms with Gasteiger partial charge in [-0.15, -0.1) is 10.2 Å². The standard InChI is InChI=1S/C12H17N3OS2/c1-7-14-15-12(18-7)17-6-10(16)13-11(8-2-3-8)9-4-5-9/h8-9,11H,2-6H2,1H3,(H,13,16). The fourth-order valence-electron chi connectivity index (χ4n) is 2.22. The second-order valence-electron chi connectivity index (χ2n) is 5.14. The van der Waals surface area contributed by atoms with Gasteiger partial charge < -0.3 is 5.32 Å². The van der Waals surface area contributed by atoms with E-state index in [2.05, 4.69) is 15.5 Å². The third-order valence-electron chi connectivity index (χ3n) is 3.42. The summed E-state index contributed by atoms with van der Waals surface area (Å²) in [7, 11) is 0. The Labute approximate surface area is 115 Å². The summed E-state index contributed by atoms with van der Waals surface area (Å²) >= 11 is 3.04. The van der Waals surface area contributed by atoms with Gasteiger partial charge in [-0.05, 0) is 44.4 Å². The number of carbonyl (C=O) groups excluding carboxylic acids is 1. The summed E-state index contributed by atoms with van der Waals surface area (Å²) in [5, 5.41) is 12.1. The predicted octanol–water partition coefficient (Wildman–Crippen LogP) is 2.24.